The molecule has 0 radical (unpaired) electrons. The molecule has 0 amide bonds. The maximum atomic E-state index is 5.97. The molecular formula is C16H24N2O. The normalized spacial score (nSPS) is 13.6. The number of rotatable bonds is 5. The quantitative estimate of drug-likeness (QED) is 0.896. The number of hydrogen-bond donors (Lipinski definition) is 1. The smallest absolute Gasteiger partial charge is 0.134 e. The van der Waals surface area contributed by atoms with E-state index in [4.69, 9.17) is 10.2 Å². The van der Waals surface area contributed by atoms with Crippen LogP contribution in [-0.2, 0) is 13.1 Å². The second-order valence-electron chi connectivity index (χ2n) is 5.60. The molecule has 0 spiro atoms. The van der Waals surface area contributed by atoms with Gasteiger partial charge in [0.05, 0.1) is 6.54 Å². The van der Waals surface area contributed by atoms with E-state index in [1.807, 2.05) is 18.2 Å². The molecule has 0 aliphatic carbocycles. The van der Waals surface area contributed by atoms with Crippen LogP contribution in [0.25, 0.3) is 11.0 Å². The van der Waals surface area contributed by atoms with Crippen LogP contribution >= 0.6 is 0 Å². The van der Waals surface area contributed by atoms with Gasteiger partial charge in [0.1, 0.15) is 11.3 Å². The predicted octanol–water partition coefficient (Wildman–Crippen LogP) is 3.37. The highest BCUT2D eigenvalue weighted by Crippen LogP contribution is 2.27. The van der Waals surface area contributed by atoms with Crippen molar-refractivity contribution in [1.82, 2.24) is 4.90 Å². The Balaban J connectivity index is 2.30. The molecule has 0 saturated carbocycles. The minimum absolute atomic E-state index is 0.513. The first-order chi connectivity index (χ1) is 9.04. The van der Waals surface area contributed by atoms with E-state index in [0.717, 1.165) is 28.8 Å². The summed E-state index contributed by atoms with van der Waals surface area (Å²) in [6.07, 6.45) is 0. The summed E-state index contributed by atoms with van der Waals surface area (Å²) in [6, 6.07) is 8.62. The largest absolute Gasteiger partial charge is 0.459 e. The van der Waals surface area contributed by atoms with Crippen molar-refractivity contribution >= 4 is 11.0 Å². The fraction of sp³-hybridized carbons (Fsp3) is 0.500. The molecule has 1 aromatic carbocycles. The second-order valence-corrected chi connectivity index (χ2v) is 5.60. The predicted molar refractivity (Wildman–Crippen MR) is 79.9 cm³/mol. The summed E-state index contributed by atoms with van der Waals surface area (Å²) in [7, 11) is 2.14. The van der Waals surface area contributed by atoms with Gasteiger partial charge in [0.25, 0.3) is 0 Å². The van der Waals surface area contributed by atoms with E-state index in [2.05, 4.69) is 38.8 Å². The van der Waals surface area contributed by atoms with Crippen molar-refractivity contribution in [2.75, 3.05) is 7.05 Å². The van der Waals surface area contributed by atoms with Crippen LogP contribution in [0.5, 0.6) is 0 Å². The van der Waals surface area contributed by atoms with Gasteiger partial charge in [0, 0.05) is 23.5 Å². The van der Waals surface area contributed by atoms with Gasteiger partial charge in [-0.15, -0.1) is 0 Å². The summed E-state index contributed by atoms with van der Waals surface area (Å²) < 4.78 is 5.97. The molecule has 3 nitrogen and oxygen atoms in total. The first-order valence-electron chi connectivity index (χ1n) is 6.94. The Hall–Kier alpha value is -1.32. The monoisotopic (exact) mass is 260 g/mol. The number of para-hydroxylation sites is 1. The Morgan fingerprint density at radius 2 is 1.89 bits per heavy atom. The van der Waals surface area contributed by atoms with Crippen LogP contribution in [-0.4, -0.2) is 18.0 Å². The first kappa shape index (κ1) is 14.1. The lowest BCUT2D eigenvalue weighted by molar-refractivity contribution is 0.187. The Labute approximate surface area is 115 Å². The maximum absolute atomic E-state index is 5.97. The second kappa shape index (κ2) is 5.76. The standard InChI is InChI=1S/C16H24N2O/c1-11(2)12(3)18(4)10-16-14(9-17)13-7-5-6-8-15(13)19-16/h5-8,11-12H,9-10,17H2,1-4H3. The van der Waals surface area contributed by atoms with Crippen molar-refractivity contribution in [1.29, 1.82) is 0 Å². The SMILES string of the molecule is CC(C)C(C)N(C)Cc1oc2ccccc2c1CN. The average Bonchev–Trinajstić information content (AvgIpc) is 2.74. The molecule has 2 rings (SSSR count). The molecule has 1 unspecified atom stereocenters. The van der Waals surface area contributed by atoms with E-state index >= 15 is 0 Å². The molecule has 2 aromatic rings. The lowest BCUT2D eigenvalue weighted by Crippen LogP contribution is -2.32. The van der Waals surface area contributed by atoms with Crippen molar-refractivity contribution in [3.63, 3.8) is 0 Å². The number of fused-ring (bicyclic) bond motifs is 1. The minimum atomic E-state index is 0.513. The van der Waals surface area contributed by atoms with Gasteiger partial charge in [-0.05, 0) is 26.0 Å². The number of benzene rings is 1. The molecular weight excluding hydrogens is 236 g/mol. The van der Waals surface area contributed by atoms with Gasteiger partial charge in [-0.25, -0.2) is 0 Å². The van der Waals surface area contributed by atoms with Crippen LogP contribution in [0, 0.1) is 5.92 Å². The van der Waals surface area contributed by atoms with E-state index in [0.29, 0.717) is 18.5 Å². The van der Waals surface area contributed by atoms with Crippen LogP contribution in [0.3, 0.4) is 0 Å². The Morgan fingerprint density at radius 3 is 2.53 bits per heavy atom. The van der Waals surface area contributed by atoms with Crippen molar-refractivity contribution in [3.8, 4) is 0 Å². The molecule has 3 heteroatoms. The highest BCUT2D eigenvalue weighted by molar-refractivity contribution is 5.82. The fourth-order valence-corrected chi connectivity index (χ4v) is 2.38. The molecule has 2 N–H and O–H groups in total. The van der Waals surface area contributed by atoms with Gasteiger partial charge in [-0.1, -0.05) is 32.0 Å². The van der Waals surface area contributed by atoms with Crippen molar-refractivity contribution in [3.05, 3.63) is 35.6 Å². The molecule has 1 heterocycles. The summed E-state index contributed by atoms with van der Waals surface area (Å²) >= 11 is 0. The number of nitrogens with zero attached hydrogens (tertiary/aromatic N) is 1. The first-order valence-corrected chi connectivity index (χ1v) is 6.94. The summed E-state index contributed by atoms with van der Waals surface area (Å²) in [6.45, 7) is 8.06. The van der Waals surface area contributed by atoms with Gasteiger partial charge in [0.2, 0.25) is 0 Å². The Kier molecular flexibility index (Phi) is 4.27. The maximum Gasteiger partial charge on any atom is 0.134 e. The van der Waals surface area contributed by atoms with E-state index in [1.54, 1.807) is 0 Å². The van der Waals surface area contributed by atoms with Gasteiger partial charge in [-0.3, -0.25) is 4.90 Å². The molecule has 19 heavy (non-hydrogen) atoms. The van der Waals surface area contributed by atoms with Crippen molar-refractivity contribution < 1.29 is 4.42 Å². The number of nitrogens with two attached hydrogens (primary N) is 1. The van der Waals surface area contributed by atoms with Gasteiger partial charge in [0.15, 0.2) is 0 Å². The lowest BCUT2D eigenvalue weighted by Gasteiger charge is -2.27. The van der Waals surface area contributed by atoms with E-state index in [9.17, 15) is 0 Å². The molecule has 1 aromatic heterocycles. The van der Waals surface area contributed by atoms with E-state index in [1.165, 1.54) is 0 Å². The van der Waals surface area contributed by atoms with E-state index < -0.39 is 0 Å². The molecule has 0 saturated heterocycles. The molecule has 0 aliphatic heterocycles. The average molecular weight is 260 g/mol. The topological polar surface area (TPSA) is 42.4 Å². The zero-order chi connectivity index (χ0) is 14.0. The van der Waals surface area contributed by atoms with Crippen molar-refractivity contribution in [2.24, 2.45) is 11.7 Å². The molecule has 0 bridgehead atoms. The highest BCUT2D eigenvalue weighted by atomic mass is 16.3. The summed E-state index contributed by atoms with van der Waals surface area (Å²) in [4.78, 5) is 2.32. The third-order valence-corrected chi connectivity index (χ3v) is 4.04. The Morgan fingerprint density at radius 1 is 1.21 bits per heavy atom. The van der Waals surface area contributed by atoms with Crippen LogP contribution in [0.4, 0.5) is 0 Å². The third-order valence-electron chi connectivity index (χ3n) is 4.04. The van der Waals surface area contributed by atoms with Crippen molar-refractivity contribution in [2.45, 2.75) is 39.9 Å². The summed E-state index contributed by atoms with van der Waals surface area (Å²) in [5, 5.41) is 1.14. The number of hydrogen-bond acceptors (Lipinski definition) is 3. The lowest BCUT2D eigenvalue weighted by atomic mass is 10.0. The number of furan rings is 1. The third kappa shape index (κ3) is 2.82. The van der Waals surface area contributed by atoms with Gasteiger partial charge in [-0.2, -0.15) is 0 Å². The molecule has 1 atom stereocenters. The van der Waals surface area contributed by atoms with Crippen LogP contribution in [0.2, 0.25) is 0 Å². The van der Waals surface area contributed by atoms with Crippen LogP contribution in [0.15, 0.2) is 28.7 Å². The zero-order valence-electron chi connectivity index (χ0n) is 12.3. The molecule has 0 fully saturated rings. The zero-order valence-corrected chi connectivity index (χ0v) is 12.3. The summed E-state index contributed by atoms with van der Waals surface area (Å²) in [5.74, 6) is 1.62. The minimum Gasteiger partial charge on any atom is -0.459 e. The Bertz CT molecular complexity index is 545. The summed E-state index contributed by atoms with van der Waals surface area (Å²) in [5.41, 5.74) is 7.97. The van der Waals surface area contributed by atoms with Gasteiger partial charge < -0.3 is 10.2 Å². The fourth-order valence-electron chi connectivity index (χ4n) is 2.38. The van der Waals surface area contributed by atoms with E-state index in [-0.39, 0.29) is 0 Å². The molecule has 0 aliphatic rings. The van der Waals surface area contributed by atoms with Crippen LogP contribution in [0.1, 0.15) is 32.1 Å². The highest BCUT2D eigenvalue weighted by Gasteiger charge is 2.18. The van der Waals surface area contributed by atoms with Crippen LogP contribution < -0.4 is 5.73 Å². The van der Waals surface area contributed by atoms with Gasteiger partial charge >= 0.3 is 0 Å². The molecule has 104 valence electrons.